The first kappa shape index (κ1) is 14.6. The van der Waals surface area contributed by atoms with E-state index in [1.807, 2.05) is 0 Å². The minimum Gasteiger partial charge on any atom is -0.332 e. The van der Waals surface area contributed by atoms with Gasteiger partial charge in [-0.05, 0) is 36.4 Å². The highest BCUT2D eigenvalue weighted by Crippen LogP contribution is 2.08. The van der Waals surface area contributed by atoms with E-state index < -0.39 is 6.03 Å². The van der Waals surface area contributed by atoms with Gasteiger partial charge in [-0.2, -0.15) is 0 Å². The van der Waals surface area contributed by atoms with Crippen LogP contribution in [0, 0.1) is 5.82 Å². The van der Waals surface area contributed by atoms with Crippen LogP contribution < -0.4 is 10.6 Å². The van der Waals surface area contributed by atoms with E-state index in [0.717, 1.165) is 5.69 Å². The van der Waals surface area contributed by atoms with Crippen molar-refractivity contribution in [1.82, 2.24) is 25.3 Å². The van der Waals surface area contributed by atoms with E-state index in [0.29, 0.717) is 11.4 Å². The van der Waals surface area contributed by atoms with Crippen molar-refractivity contribution in [3.05, 3.63) is 66.5 Å². The van der Waals surface area contributed by atoms with E-state index in [1.54, 1.807) is 35.4 Å². The first-order chi connectivity index (χ1) is 11.2. The number of rotatable bonds is 4. The topological polar surface area (TPSA) is 84.7 Å². The Bertz CT molecular complexity index is 787. The van der Waals surface area contributed by atoms with E-state index in [-0.39, 0.29) is 12.4 Å². The Balaban J connectivity index is 1.55. The first-order valence-corrected chi connectivity index (χ1v) is 6.83. The monoisotopic (exact) mass is 312 g/mol. The second kappa shape index (κ2) is 6.65. The molecule has 0 saturated carbocycles. The van der Waals surface area contributed by atoms with Crippen LogP contribution in [-0.2, 0) is 6.54 Å². The number of halogens is 1. The van der Waals surface area contributed by atoms with Crippen molar-refractivity contribution >= 4 is 11.7 Å². The number of nitrogens with one attached hydrogen (secondary N) is 2. The largest absolute Gasteiger partial charge is 0.332 e. The molecule has 0 bridgehead atoms. The smallest absolute Gasteiger partial charge is 0.319 e. The summed E-state index contributed by atoms with van der Waals surface area (Å²) in [6, 6.07) is 8.70. The molecule has 3 rings (SSSR count). The van der Waals surface area contributed by atoms with Crippen LogP contribution in [-0.4, -0.2) is 26.0 Å². The number of anilines is 1. The van der Waals surface area contributed by atoms with Crippen molar-refractivity contribution in [2.24, 2.45) is 0 Å². The number of hydrogen-bond donors (Lipinski definition) is 2. The van der Waals surface area contributed by atoms with Gasteiger partial charge in [0.2, 0.25) is 0 Å². The molecule has 7 nitrogen and oxygen atoms in total. The van der Waals surface area contributed by atoms with E-state index in [9.17, 15) is 9.18 Å². The predicted octanol–water partition coefficient (Wildman–Crippen LogP) is 2.12. The lowest BCUT2D eigenvalue weighted by Crippen LogP contribution is -2.28. The molecule has 0 aliphatic rings. The maximum Gasteiger partial charge on any atom is 0.319 e. The zero-order valence-corrected chi connectivity index (χ0v) is 12.0. The van der Waals surface area contributed by atoms with Gasteiger partial charge in [0, 0.05) is 18.1 Å². The van der Waals surface area contributed by atoms with Gasteiger partial charge in [-0.1, -0.05) is 5.21 Å². The number of carbonyl (C=O) groups excluding carboxylic acids is 1. The molecule has 0 spiro atoms. The number of pyridine rings is 1. The summed E-state index contributed by atoms with van der Waals surface area (Å²) in [6.07, 6.45) is 5.03. The third kappa shape index (κ3) is 3.88. The number of aromatic nitrogens is 4. The SMILES string of the molecule is O=C(NCc1cn(-c2ccncc2)nn1)Nc1ccc(F)cc1. The van der Waals surface area contributed by atoms with Crippen molar-refractivity contribution in [3.8, 4) is 5.69 Å². The molecule has 3 aromatic rings. The predicted molar refractivity (Wildman–Crippen MR) is 81.4 cm³/mol. The Morgan fingerprint density at radius 2 is 1.87 bits per heavy atom. The molecule has 0 aliphatic heterocycles. The van der Waals surface area contributed by atoms with Crippen LogP contribution >= 0.6 is 0 Å². The van der Waals surface area contributed by atoms with Gasteiger partial charge in [0.15, 0.2) is 0 Å². The minimum absolute atomic E-state index is 0.220. The second-order valence-corrected chi connectivity index (χ2v) is 4.67. The lowest BCUT2D eigenvalue weighted by Gasteiger charge is -2.05. The summed E-state index contributed by atoms with van der Waals surface area (Å²) in [7, 11) is 0. The van der Waals surface area contributed by atoms with Crippen molar-refractivity contribution in [1.29, 1.82) is 0 Å². The van der Waals surface area contributed by atoms with Gasteiger partial charge < -0.3 is 10.6 Å². The summed E-state index contributed by atoms with van der Waals surface area (Å²) in [5, 5.41) is 13.2. The second-order valence-electron chi connectivity index (χ2n) is 4.67. The average Bonchev–Trinajstić information content (AvgIpc) is 3.05. The lowest BCUT2D eigenvalue weighted by molar-refractivity contribution is 0.251. The van der Waals surface area contributed by atoms with Gasteiger partial charge in [0.05, 0.1) is 18.4 Å². The Hall–Kier alpha value is -3.29. The Morgan fingerprint density at radius 3 is 2.61 bits per heavy atom. The quantitative estimate of drug-likeness (QED) is 0.773. The molecule has 0 radical (unpaired) electrons. The number of hydrogen-bond acceptors (Lipinski definition) is 4. The van der Waals surface area contributed by atoms with Gasteiger partial charge in [0.25, 0.3) is 0 Å². The summed E-state index contributed by atoms with van der Waals surface area (Å²) in [5.74, 6) is -0.358. The first-order valence-electron chi connectivity index (χ1n) is 6.83. The molecule has 2 N–H and O–H groups in total. The van der Waals surface area contributed by atoms with Crippen LogP contribution in [0.25, 0.3) is 5.69 Å². The van der Waals surface area contributed by atoms with Crippen LogP contribution in [0.15, 0.2) is 55.0 Å². The lowest BCUT2D eigenvalue weighted by atomic mass is 10.3. The van der Waals surface area contributed by atoms with Crippen molar-refractivity contribution in [2.75, 3.05) is 5.32 Å². The molecular weight excluding hydrogens is 299 g/mol. The fraction of sp³-hybridized carbons (Fsp3) is 0.0667. The van der Waals surface area contributed by atoms with E-state index in [4.69, 9.17) is 0 Å². The molecular formula is C15H13FN6O. The van der Waals surface area contributed by atoms with Gasteiger partial charge in [0.1, 0.15) is 11.5 Å². The fourth-order valence-electron chi connectivity index (χ4n) is 1.88. The summed E-state index contributed by atoms with van der Waals surface area (Å²) in [6.45, 7) is 0.220. The van der Waals surface area contributed by atoms with Gasteiger partial charge in [-0.3, -0.25) is 4.98 Å². The number of benzene rings is 1. The van der Waals surface area contributed by atoms with Crippen molar-refractivity contribution < 1.29 is 9.18 Å². The zero-order chi connectivity index (χ0) is 16.1. The highest BCUT2D eigenvalue weighted by molar-refractivity contribution is 5.89. The summed E-state index contributed by atoms with van der Waals surface area (Å²) >= 11 is 0. The maximum absolute atomic E-state index is 12.8. The van der Waals surface area contributed by atoms with Crippen LogP contribution in [0.2, 0.25) is 0 Å². The molecule has 0 aliphatic carbocycles. The normalized spacial score (nSPS) is 10.3. The molecule has 116 valence electrons. The van der Waals surface area contributed by atoms with E-state index in [2.05, 4.69) is 25.9 Å². The number of nitrogens with zero attached hydrogens (tertiary/aromatic N) is 4. The number of carbonyl (C=O) groups is 1. The standard InChI is InChI=1S/C15H13FN6O/c16-11-1-3-12(4-2-11)19-15(23)18-9-13-10-22(21-20-13)14-5-7-17-8-6-14/h1-8,10H,9H2,(H2,18,19,23). The number of urea groups is 1. The van der Waals surface area contributed by atoms with Crippen molar-refractivity contribution in [2.45, 2.75) is 6.54 Å². The van der Waals surface area contributed by atoms with Gasteiger partial charge in [-0.25, -0.2) is 13.9 Å². The molecule has 2 heterocycles. The zero-order valence-electron chi connectivity index (χ0n) is 12.0. The fourth-order valence-corrected chi connectivity index (χ4v) is 1.88. The molecule has 1 aromatic carbocycles. The summed E-state index contributed by atoms with van der Waals surface area (Å²) < 4.78 is 14.4. The Kier molecular flexibility index (Phi) is 4.23. The van der Waals surface area contributed by atoms with Crippen LogP contribution in [0.4, 0.5) is 14.9 Å². The highest BCUT2D eigenvalue weighted by atomic mass is 19.1. The molecule has 8 heteroatoms. The van der Waals surface area contributed by atoms with Crippen molar-refractivity contribution in [3.63, 3.8) is 0 Å². The average molecular weight is 312 g/mol. The molecule has 23 heavy (non-hydrogen) atoms. The van der Waals surface area contributed by atoms with Crippen LogP contribution in [0.5, 0.6) is 0 Å². The highest BCUT2D eigenvalue weighted by Gasteiger charge is 2.06. The van der Waals surface area contributed by atoms with Gasteiger partial charge in [-0.15, -0.1) is 5.10 Å². The third-order valence-corrected chi connectivity index (χ3v) is 3.00. The molecule has 0 unspecified atom stereocenters. The Labute approximate surface area is 131 Å². The maximum atomic E-state index is 12.8. The van der Waals surface area contributed by atoms with Gasteiger partial charge >= 0.3 is 6.03 Å². The summed E-state index contributed by atoms with van der Waals surface area (Å²) in [5.41, 5.74) is 1.94. The third-order valence-electron chi connectivity index (χ3n) is 3.00. The molecule has 2 amide bonds. The molecule has 0 saturated heterocycles. The van der Waals surface area contributed by atoms with Crippen LogP contribution in [0.3, 0.4) is 0 Å². The summed E-state index contributed by atoms with van der Waals surface area (Å²) in [4.78, 5) is 15.7. The van der Waals surface area contributed by atoms with Crippen LogP contribution in [0.1, 0.15) is 5.69 Å². The Morgan fingerprint density at radius 1 is 1.13 bits per heavy atom. The molecule has 0 atom stereocenters. The number of amides is 2. The molecule has 2 aromatic heterocycles. The molecule has 0 fully saturated rings. The van der Waals surface area contributed by atoms with E-state index in [1.165, 1.54) is 24.3 Å². The minimum atomic E-state index is -0.407. The van der Waals surface area contributed by atoms with E-state index >= 15 is 0 Å².